The van der Waals surface area contributed by atoms with Crippen molar-refractivity contribution in [1.82, 2.24) is 35.2 Å². The molecule has 2 aliphatic heterocycles. The minimum absolute atomic E-state index is 0.0121. The third kappa shape index (κ3) is 6.96. The van der Waals surface area contributed by atoms with Crippen LogP contribution in [0.3, 0.4) is 0 Å². The molecule has 4 atom stereocenters. The molecule has 1 saturated heterocycles. The van der Waals surface area contributed by atoms with Gasteiger partial charge >= 0.3 is 0 Å². The van der Waals surface area contributed by atoms with E-state index in [9.17, 15) is 24.0 Å². The number of imide groups is 2. The Bertz CT molecular complexity index is 2440. The molecule has 56 heavy (non-hydrogen) atoms. The maximum atomic E-state index is 13.4. The van der Waals surface area contributed by atoms with E-state index in [0.29, 0.717) is 18.1 Å². The Hall–Kier alpha value is -6.83. The zero-order valence-electron chi connectivity index (χ0n) is 31.3. The highest BCUT2D eigenvalue weighted by Crippen LogP contribution is 2.37. The average molecular weight is 752 g/mol. The van der Waals surface area contributed by atoms with E-state index in [4.69, 9.17) is 9.97 Å². The van der Waals surface area contributed by atoms with Gasteiger partial charge in [-0.15, -0.1) is 6.58 Å². The molecule has 3 N–H and O–H groups in total. The van der Waals surface area contributed by atoms with Gasteiger partial charge in [0.1, 0.15) is 17.4 Å². The van der Waals surface area contributed by atoms with E-state index in [-0.39, 0.29) is 59.9 Å². The Morgan fingerprint density at radius 1 is 1.00 bits per heavy atom. The molecule has 0 bridgehead atoms. The maximum Gasteiger partial charge on any atom is 0.264 e. The predicted molar refractivity (Wildman–Crippen MR) is 212 cm³/mol. The number of imidazole rings is 1. The summed E-state index contributed by atoms with van der Waals surface area (Å²) in [5, 5.41) is 2.19. The minimum atomic E-state index is -1.09. The summed E-state index contributed by atoms with van der Waals surface area (Å²) in [4.78, 5) is 83.3. The molecule has 0 radical (unpaired) electrons. The van der Waals surface area contributed by atoms with Crippen molar-refractivity contribution >= 4 is 58.9 Å². The number of carbonyl (C=O) groups excluding carboxylic acids is 5. The van der Waals surface area contributed by atoms with Gasteiger partial charge in [0.15, 0.2) is 11.5 Å². The van der Waals surface area contributed by atoms with Crippen LogP contribution in [0.2, 0.25) is 0 Å². The Labute approximate surface area is 323 Å². The summed E-state index contributed by atoms with van der Waals surface area (Å²) in [6, 6.07) is 19.0. The number of piperidine rings is 1. The zero-order valence-corrected chi connectivity index (χ0v) is 31.3. The van der Waals surface area contributed by atoms with Crippen molar-refractivity contribution < 1.29 is 24.0 Å². The number of allylic oxidation sites excluding steroid dienone is 1. The molecule has 2 aromatic carbocycles. The minimum Gasteiger partial charge on any atom is -0.305 e. The van der Waals surface area contributed by atoms with Crippen LogP contribution in [0.15, 0.2) is 90.6 Å². The van der Waals surface area contributed by atoms with Gasteiger partial charge in [-0.2, -0.15) is 0 Å². The summed E-state index contributed by atoms with van der Waals surface area (Å²) in [6.45, 7) is 14.2. The number of aromatic nitrogens is 4. The van der Waals surface area contributed by atoms with Crippen LogP contribution in [-0.4, -0.2) is 66.7 Å². The van der Waals surface area contributed by atoms with Crippen LogP contribution in [-0.2, 0) is 20.8 Å². The number of carbonyl (C=O) groups is 5. The van der Waals surface area contributed by atoms with E-state index in [1.165, 1.54) is 6.07 Å². The van der Waals surface area contributed by atoms with Crippen LogP contribution in [0.5, 0.6) is 0 Å². The number of hydrogen-bond acceptors (Lipinski definition) is 10. The van der Waals surface area contributed by atoms with Gasteiger partial charge in [0.2, 0.25) is 17.7 Å². The van der Waals surface area contributed by atoms with Crippen LogP contribution in [0.4, 0.5) is 11.5 Å². The molecule has 5 aromatic rings. The largest absolute Gasteiger partial charge is 0.305 e. The second kappa shape index (κ2) is 15.5. The average Bonchev–Trinajstić information content (AvgIpc) is 3.72. The molecule has 1 fully saturated rings. The molecule has 0 aliphatic carbocycles. The van der Waals surface area contributed by atoms with E-state index >= 15 is 0 Å². The van der Waals surface area contributed by atoms with Crippen LogP contribution >= 0.6 is 0 Å². The van der Waals surface area contributed by atoms with Gasteiger partial charge in [-0.25, -0.2) is 19.9 Å². The fraction of sp³-hybridized carbons (Fsp3) is 0.262. The van der Waals surface area contributed by atoms with Crippen molar-refractivity contribution in [2.45, 2.75) is 58.5 Å². The van der Waals surface area contributed by atoms with Crippen molar-refractivity contribution in [2.24, 2.45) is 16.8 Å². The Morgan fingerprint density at radius 2 is 1.79 bits per heavy atom. The van der Waals surface area contributed by atoms with Gasteiger partial charge < -0.3 is 4.57 Å². The van der Waals surface area contributed by atoms with Gasteiger partial charge in [-0.3, -0.25) is 45.0 Å². The normalized spacial score (nSPS) is 16.9. The second-order valence-electron chi connectivity index (χ2n) is 14.1. The van der Waals surface area contributed by atoms with E-state index in [1.54, 1.807) is 18.3 Å². The summed E-state index contributed by atoms with van der Waals surface area (Å²) < 4.78 is 2.15. The molecule has 2 aliphatic rings. The Morgan fingerprint density at radius 3 is 2.55 bits per heavy atom. The van der Waals surface area contributed by atoms with Crippen molar-refractivity contribution in [3.63, 3.8) is 0 Å². The number of benzene rings is 2. The first-order valence-electron chi connectivity index (χ1n) is 18.4. The molecule has 3 aromatic heterocycles. The van der Waals surface area contributed by atoms with E-state index in [1.807, 2.05) is 54.6 Å². The molecular formula is C42H41N9O5. The fourth-order valence-electron chi connectivity index (χ4n) is 7.26. The fourth-order valence-corrected chi connectivity index (χ4v) is 7.26. The summed E-state index contributed by atoms with van der Waals surface area (Å²) in [5.74, 6) is -1.18. The van der Waals surface area contributed by atoms with Gasteiger partial charge in [0.05, 0.1) is 28.1 Å². The summed E-state index contributed by atoms with van der Waals surface area (Å²) in [5.41, 5.74) is 10.5. The lowest BCUT2D eigenvalue weighted by Gasteiger charge is -2.27. The van der Waals surface area contributed by atoms with Crippen molar-refractivity contribution in [1.29, 1.82) is 0 Å². The third-order valence-electron chi connectivity index (χ3n) is 10.8. The molecule has 2 unspecified atom stereocenters. The number of aryl methyl sites for hydroxylation is 1. The van der Waals surface area contributed by atoms with Gasteiger partial charge in [0.25, 0.3) is 11.8 Å². The molecular weight excluding hydrogens is 711 g/mol. The smallest absolute Gasteiger partial charge is 0.264 e. The number of amides is 5. The zero-order chi connectivity index (χ0) is 39.7. The van der Waals surface area contributed by atoms with Crippen LogP contribution in [0.1, 0.15) is 72.4 Å². The van der Waals surface area contributed by atoms with Gasteiger partial charge in [-0.05, 0) is 86.3 Å². The second-order valence-corrected chi connectivity index (χ2v) is 14.1. The van der Waals surface area contributed by atoms with Crippen LogP contribution in [0.25, 0.3) is 33.8 Å². The first-order chi connectivity index (χ1) is 27.0. The van der Waals surface area contributed by atoms with Gasteiger partial charge in [-0.1, -0.05) is 44.2 Å². The van der Waals surface area contributed by atoms with Crippen LogP contribution in [0, 0.1) is 11.8 Å². The van der Waals surface area contributed by atoms with E-state index in [0.717, 1.165) is 38.4 Å². The van der Waals surface area contributed by atoms with Gasteiger partial charge in [0, 0.05) is 30.6 Å². The third-order valence-corrected chi connectivity index (χ3v) is 10.8. The molecule has 0 spiro atoms. The van der Waals surface area contributed by atoms with Crippen molar-refractivity contribution in [3.05, 3.63) is 102 Å². The lowest BCUT2D eigenvalue weighted by atomic mass is 9.89. The molecule has 284 valence electrons. The number of rotatable bonds is 13. The molecule has 7 rings (SSSR count). The lowest BCUT2D eigenvalue weighted by Crippen LogP contribution is -2.54. The topological polar surface area (TPSA) is 181 Å². The number of hydrazine groups is 1. The standard InChI is InChI=1S/C42H41N9O5/c1-6-23(2)24(3)25(4)50-38(29-13-9-21-44-37(29)43-5)46-32-17-16-30(45-39(32)50)27-11-7-10-26(22-27)15-19-35(53)49-48-31-14-8-12-28-36(31)42(56)51(41(28)55)33-18-20-34(52)47-40(33)54/h6-14,16-17,21-25,33,48H,1,5,15,18-20H2,2-4H3,(H,49,53)(H,47,52,54)/t23?,24-,25+,33?/m1/s1. The number of pyridine rings is 2. The monoisotopic (exact) mass is 751 g/mol. The molecule has 5 amide bonds. The maximum absolute atomic E-state index is 13.4. The molecule has 14 heteroatoms. The SMILES string of the molecule is C=CC(C)[C@@H](C)[C@H](C)n1c(-c2cccnc2N=C)nc2ccc(-c3cccc(CCC(=O)NNc4cccc5c4C(=O)N(C4CCC(=O)NC4=O)C5=O)c3)nc21. The molecule has 5 heterocycles. The number of hydrogen-bond donors (Lipinski definition) is 3. The van der Waals surface area contributed by atoms with Crippen LogP contribution < -0.4 is 16.2 Å². The lowest BCUT2D eigenvalue weighted by molar-refractivity contribution is -0.136. The first kappa shape index (κ1) is 37.5. The van der Waals surface area contributed by atoms with E-state index in [2.05, 4.69) is 64.8 Å². The number of aliphatic imine (C=N–C) groups is 1. The number of nitrogens with one attached hydrogen (secondary N) is 3. The molecule has 14 nitrogen and oxygen atoms in total. The molecule has 0 saturated carbocycles. The quantitative estimate of drug-likeness (QED) is 0.0564. The number of nitrogens with zero attached hydrogens (tertiary/aromatic N) is 6. The summed E-state index contributed by atoms with van der Waals surface area (Å²) >= 11 is 0. The highest BCUT2D eigenvalue weighted by Gasteiger charge is 2.45. The van der Waals surface area contributed by atoms with Crippen molar-refractivity contribution in [2.75, 3.05) is 5.43 Å². The van der Waals surface area contributed by atoms with E-state index < -0.39 is 29.7 Å². The summed E-state index contributed by atoms with van der Waals surface area (Å²) in [6.07, 6.45) is 4.22. The first-order valence-corrected chi connectivity index (χ1v) is 18.4. The highest BCUT2D eigenvalue weighted by atomic mass is 16.2. The Kier molecular flexibility index (Phi) is 10.4. The summed E-state index contributed by atoms with van der Waals surface area (Å²) in [7, 11) is 0. The van der Waals surface area contributed by atoms with Crippen molar-refractivity contribution in [3.8, 4) is 22.6 Å². The Balaban J connectivity index is 1.08. The number of anilines is 1. The predicted octanol–water partition coefficient (Wildman–Crippen LogP) is 5.99. The highest BCUT2D eigenvalue weighted by molar-refractivity contribution is 6.25. The number of fused-ring (bicyclic) bond motifs is 2.